The van der Waals surface area contributed by atoms with Gasteiger partial charge in [0.15, 0.2) is 0 Å². The number of hydrogen-bond acceptors (Lipinski definition) is 1. The van der Waals surface area contributed by atoms with Crippen molar-refractivity contribution in [3.8, 4) is 0 Å². The Kier molecular flexibility index (Phi) is 6.01. The molecule has 1 unspecified atom stereocenters. The number of benzene rings is 2. The van der Waals surface area contributed by atoms with E-state index in [4.69, 9.17) is 0 Å². The van der Waals surface area contributed by atoms with Crippen LogP contribution < -0.4 is 5.32 Å². The monoisotopic (exact) mass is 281 g/mol. The molecular weight excluding hydrogens is 254 g/mol. The quantitative estimate of drug-likeness (QED) is 0.755. The van der Waals surface area contributed by atoms with Gasteiger partial charge in [-0.2, -0.15) is 0 Å². The standard InChI is InChI=1S/C20H27N/c1-4-15-21-20(19-12-7-17(3)8-13-19)14-11-18-9-5-16(2)6-10-18/h5-10,12-13,20-21H,4,11,14-15H2,1-3H3. The maximum atomic E-state index is 3.69. The van der Waals surface area contributed by atoms with Crippen LogP contribution in [-0.4, -0.2) is 6.54 Å². The summed E-state index contributed by atoms with van der Waals surface area (Å²) in [5, 5.41) is 3.69. The molecule has 21 heavy (non-hydrogen) atoms. The first kappa shape index (κ1) is 15.8. The highest BCUT2D eigenvalue weighted by molar-refractivity contribution is 5.25. The van der Waals surface area contributed by atoms with E-state index in [0.717, 1.165) is 19.4 Å². The molecule has 0 bridgehead atoms. The van der Waals surface area contributed by atoms with Gasteiger partial charge in [0.2, 0.25) is 0 Å². The summed E-state index contributed by atoms with van der Waals surface area (Å²) in [7, 11) is 0. The van der Waals surface area contributed by atoms with Crippen LogP contribution in [0.2, 0.25) is 0 Å². The van der Waals surface area contributed by atoms with Crippen molar-refractivity contribution in [3.63, 3.8) is 0 Å². The predicted octanol–water partition coefficient (Wildman–Crippen LogP) is 4.98. The first-order chi connectivity index (χ1) is 10.2. The Morgan fingerprint density at radius 1 is 0.857 bits per heavy atom. The molecule has 0 spiro atoms. The molecule has 1 atom stereocenters. The molecule has 1 heteroatoms. The SMILES string of the molecule is CCCNC(CCc1ccc(C)cc1)c1ccc(C)cc1. The fraction of sp³-hybridized carbons (Fsp3) is 0.400. The topological polar surface area (TPSA) is 12.0 Å². The summed E-state index contributed by atoms with van der Waals surface area (Å²) in [4.78, 5) is 0. The molecule has 112 valence electrons. The van der Waals surface area contributed by atoms with E-state index >= 15 is 0 Å². The maximum absolute atomic E-state index is 3.69. The third-order valence-corrected chi connectivity index (χ3v) is 3.96. The van der Waals surface area contributed by atoms with Gasteiger partial charge in [-0.3, -0.25) is 0 Å². The summed E-state index contributed by atoms with van der Waals surface area (Å²) in [5.41, 5.74) is 5.49. The second-order valence-corrected chi connectivity index (χ2v) is 5.94. The third kappa shape index (κ3) is 5.02. The lowest BCUT2D eigenvalue weighted by atomic mass is 9.97. The van der Waals surface area contributed by atoms with Crippen LogP contribution in [0.15, 0.2) is 48.5 Å². The predicted molar refractivity (Wildman–Crippen MR) is 91.7 cm³/mol. The van der Waals surface area contributed by atoms with E-state index in [1.807, 2.05) is 0 Å². The lowest BCUT2D eigenvalue weighted by Crippen LogP contribution is -2.22. The van der Waals surface area contributed by atoms with E-state index in [1.54, 1.807) is 0 Å². The zero-order valence-corrected chi connectivity index (χ0v) is 13.5. The highest BCUT2D eigenvalue weighted by atomic mass is 14.9. The first-order valence-electron chi connectivity index (χ1n) is 8.04. The average Bonchev–Trinajstić information content (AvgIpc) is 2.50. The first-order valence-corrected chi connectivity index (χ1v) is 8.04. The molecule has 2 rings (SSSR count). The Bertz CT molecular complexity index is 525. The van der Waals surface area contributed by atoms with Gasteiger partial charge in [-0.25, -0.2) is 0 Å². The van der Waals surface area contributed by atoms with Crippen LogP contribution in [0.1, 0.15) is 48.1 Å². The van der Waals surface area contributed by atoms with Crippen molar-refractivity contribution in [2.24, 2.45) is 0 Å². The van der Waals surface area contributed by atoms with E-state index in [-0.39, 0.29) is 0 Å². The lowest BCUT2D eigenvalue weighted by molar-refractivity contribution is 0.499. The minimum absolute atomic E-state index is 0.451. The molecule has 0 aliphatic heterocycles. The molecule has 0 radical (unpaired) electrons. The number of aryl methyl sites for hydroxylation is 3. The smallest absolute Gasteiger partial charge is 0.0323 e. The number of hydrogen-bond donors (Lipinski definition) is 1. The highest BCUT2D eigenvalue weighted by Gasteiger charge is 2.10. The van der Waals surface area contributed by atoms with Crippen molar-refractivity contribution < 1.29 is 0 Å². The molecule has 0 fully saturated rings. The normalized spacial score (nSPS) is 12.3. The number of rotatable bonds is 7. The molecule has 0 saturated heterocycles. The van der Waals surface area contributed by atoms with Crippen molar-refractivity contribution in [1.29, 1.82) is 0 Å². The Morgan fingerprint density at radius 2 is 1.43 bits per heavy atom. The van der Waals surface area contributed by atoms with E-state index in [1.165, 1.54) is 28.7 Å². The Morgan fingerprint density at radius 3 is 2.00 bits per heavy atom. The molecule has 2 aromatic carbocycles. The fourth-order valence-electron chi connectivity index (χ4n) is 2.57. The molecule has 0 saturated carbocycles. The van der Waals surface area contributed by atoms with Crippen LogP contribution in [0.3, 0.4) is 0 Å². The average molecular weight is 281 g/mol. The molecule has 0 aliphatic rings. The van der Waals surface area contributed by atoms with Crippen molar-refractivity contribution in [1.82, 2.24) is 5.32 Å². The summed E-state index contributed by atoms with van der Waals surface area (Å²) in [5.74, 6) is 0. The van der Waals surface area contributed by atoms with Gasteiger partial charge in [0.25, 0.3) is 0 Å². The van der Waals surface area contributed by atoms with Gasteiger partial charge in [-0.15, -0.1) is 0 Å². The molecule has 0 aromatic heterocycles. The van der Waals surface area contributed by atoms with Gasteiger partial charge < -0.3 is 5.32 Å². The summed E-state index contributed by atoms with van der Waals surface area (Å²) in [6.45, 7) is 7.58. The minimum atomic E-state index is 0.451. The van der Waals surface area contributed by atoms with Gasteiger partial charge in [-0.05, 0) is 50.8 Å². The summed E-state index contributed by atoms with van der Waals surface area (Å²) in [6, 6.07) is 18.3. The second-order valence-electron chi connectivity index (χ2n) is 5.94. The molecule has 0 aliphatic carbocycles. The van der Waals surface area contributed by atoms with Crippen LogP contribution in [0, 0.1) is 13.8 Å². The largest absolute Gasteiger partial charge is 0.310 e. The summed E-state index contributed by atoms with van der Waals surface area (Å²) in [6.07, 6.45) is 3.44. The highest BCUT2D eigenvalue weighted by Crippen LogP contribution is 2.20. The maximum Gasteiger partial charge on any atom is 0.0323 e. The fourth-order valence-corrected chi connectivity index (χ4v) is 2.57. The van der Waals surface area contributed by atoms with Crippen molar-refractivity contribution in [2.45, 2.75) is 46.1 Å². The van der Waals surface area contributed by atoms with Gasteiger partial charge >= 0.3 is 0 Å². The molecule has 1 nitrogen and oxygen atoms in total. The van der Waals surface area contributed by atoms with Gasteiger partial charge in [0, 0.05) is 6.04 Å². The Labute approximate surface area is 129 Å². The van der Waals surface area contributed by atoms with Gasteiger partial charge in [0.1, 0.15) is 0 Å². The van der Waals surface area contributed by atoms with Crippen LogP contribution in [0.5, 0.6) is 0 Å². The van der Waals surface area contributed by atoms with E-state index in [0.29, 0.717) is 6.04 Å². The van der Waals surface area contributed by atoms with Crippen LogP contribution >= 0.6 is 0 Å². The van der Waals surface area contributed by atoms with Crippen LogP contribution in [-0.2, 0) is 6.42 Å². The van der Waals surface area contributed by atoms with Crippen molar-refractivity contribution >= 4 is 0 Å². The molecule has 1 N–H and O–H groups in total. The van der Waals surface area contributed by atoms with Crippen LogP contribution in [0.4, 0.5) is 0 Å². The van der Waals surface area contributed by atoms with Crippen LogP contribution in [0.25, 0.3) is 0 Å². The van der Waals surface area contributed by atoms with Crippen molar-refractivity contribution in [3.05, 3.63) is 70.8 Å². The van der Waals surface area contributed by atoms with Gasteiger partial charge in [0.05, 0.1) is 0 Å². The third-order valence-electron chi connectivity index (χ3n) is 3.96. The second kappa shape index (κ2) is 7.99. The minimum Gasteiger partial charge on any atom is -0.310 e. The Balaban J connectivity index is 2.02. The van der Waals surface area contributed by atoms with Gasteiger partial charge in [-0.1, -0.05) is 66.6 Å². The summed E-state index contributed by atoms with van der Waals surface area (Å²) >= 11 is 0. The van der Waals surface area contributed by atoms with E-state index in [9.17, 15) is 0 Å². The molecule has 2 aromatic rings. The molecule has 0 heterocycles. The summed E-state index contributed by atoms with van der Waals surface area (Å²) < 4.78 is 0. The molecule has 0 amide bonds. The zero-order valence-electron chi connectivity index (χ0n) is 13.5. The molecular formula is C20H27N. The Hall–Kier alpha value is -1.60. The van der Waals surface area contributed by atoms with Crippen molar-refractivity contribution in [2.75, 3.05) is 6.54 Å². The lowest BCUT2D eigenvalue weighted by Gasteiger charge is -2.19. The van der Waals surface area contributed by atoms with E-state index < -0.39 is 0 Å². The van der Waals surface area contributed by atoms with E-state index in [2.05, 4.69) is 74.6 Å². The number of nitrogens with one attached hydrogen (secondary N) is 1. The zero-order chi connectivity index (χ0) is 15.1.